The summed E-state index contributed by atoms with van der Waals surface area (Å²) in [5.74, 6) is -0.277. The average molecular weight is 544 g/mol. The first-order valence-corrected chi connectivity index (χ1v) is 14.5. The Balaban J connectivity index is 1.37. The fourth-order valence-corrected chi connectivity index (χ4v) is 6.39. The number of amides is 1. The van der Waals surface area contributed by atoms with Crippen LogP contribution < -0.4 is 9.46 Å². The number of aryl methyl sites for hydroxylation is 1. The summed E-state index contributed by atoms with van der Waals surface area (Å²) in [6, 6.07) is 9.03. The van der Waals surface area contributed by atoms with Gasteiger partial charge in [-0.3, -0.25) is 9.52 Å². The van der Waals surface area contributed by atoms with Crippen molar-refractivity contribution >= 4 is 32.5 Å². The summed E-state index contributed by atoms with van der Waals surface area (Å²) < 4.78 is 56.4. The van der Waals surface area contributed by atoms with Crippen LogP contribution in [0.3, 0.4) is 0 Å². The molecule has 38 heavy (non-hydrogen) atoms. The van der Waals surface area contributed by atoms with E-state index in [1.807, 2.05) is 42.5 Å². The van der Waals surface area contributed by atoms with Gasteiger partial charge in [0.25, 0.3) is 10.0 Å². The molecule has 1 N–H and O–H groups in total. The third kappa shape index (κ3) is 5.37. The van der Waals surface area contributed by atoms with Gasteiger partial charge < -0.3 is 18.9 Å². The maximum Gasteiger partial charge on any atom is 0.262 e. The molecule has 2 aromatic carbocycles. The number of benzene rings is 2. The van der Waals surface area contributed by atoms with Gasteiger partial charge in [-0.05, 0) is 54.7 Å². The number of ether oxygens (including phenoxy) is 2. The lowest BCUT2D eigenvalue weighted by molar-refractivity contribution is -0.135. The van der Waals surface area contributed by atoms with Gasteiger partial charge in [0.15, 0.2) is 11.6 Å². The number of nitrogens with one attached hydrogen (secondary N) is 1. The normalized spacial score (nSPS) is 18.9. The van der Waals surface area contributed by atoms with Crippen LogP contribution in [0.4, 0.5) is 10.1 Å². The Kier molecular flexibility index (Phi) is 7.37. The molecule has 2 fully saturated rings. The minimum atomic E-state index is -3.99. The van der Waals surface area contributed by atoms with Gasteiger partial charge in [-0.25, -0.2) is 12.8 Å². The van der Waals surface area contributed by atoms with Crippen molar-refractivity contribution in [2.24, 2.45) is 13.0 Å². The van der Waals surface area contributed by atoms with E-state index in [-0.39, 0.29) is 34.5 Å². The Morgan fingerprint density at radius 1 is 1.13 bits per heavy atom. The van der Waals surface area contributed by atoms with Gasteiger partial charge in [0, 0.05) is 61.3 Å². The molecule has 0 aliphatic carbocycles. The highest BCUT2D eigenvalue weighted by atomic mass is 32.2. The molecule has 1 amide bonds. The first-order chi connectivity index (χ1) is 18.1. The van der Waals surface area contributed by atoms with Crippen LogP contribution in [0.2, 0.25) is 0 Å². The maximum absolute atomic E-state index is 14.3. The molecule has 0 saturated carbocycles. The molecule has 8 nitrogen and oxygen atoms in total. The van der Waals surface area contributed by atoms with Crippen molar-refractivity contribution in [3.8, 4) is 5.75 Å². The highest BCUT2D eigenvalue weighted by molar-refractivity contribution is 7.92. The Hall–Kier alpha value is -3.11. The van der Waals surface area contributed by atoms with E-state index in [1.54, 1.807) is 6.07 Å². The predicted octanol–water partition coefficient (Wildman–Crippen LogP) is 4.65. The molecule has 0 spiro atoms. The first kappa shape index (κ1) is 26.5. The summed E-state index contributed by atoms with van der Waals surface area (Å²) in [6.07, 6.45) is 4.14. The third-order valence-corrected chi connectivity index (χ3v) is 8.79. The summed E-state index contributed by atoms with van der Waals surface area (Å²) >= 11 is 0. The number of likely N-dealkylation sites (tertiary alicyclic amines) is 1. The number of fused-ring (bicyclic) bond motifs is 1. The molecule has 2 saturated heterocycles. The number of aromatic nitrogens is 1. The number of carbonyl (C=O) groups excluding carboxylic acids is 1. The summed E-state index contributed by atoms with van der Waals surface area (Å²) in [7, 11) is -2.01. The van der Waals surface area contributed by atoms with Gasteiger partial charge in [-0.15, -0.1) is 0 Å². The highest BCUT2D eigenvalue weighted by Crippen LogP contribution is 2.36. The minimum Gasteiger partial charge on any atom is -0.485 e. The van der Waals surface area contributed by atoms with Crippen molar-refractivity contribution in [3.63, 3.8) is 0 Å². The Labute approximate surface area is 222 Å². The maximum atomic E-state index is 14.3. The van der Waals surface area contributed by atoms with Crippen LogP contribution in [0.1, 0.15) is 44.6 Å². The van der Waals surface area contributed by atoms with E-state index in [4.69, 9.17) is 9.47 Å². The van der Waals surface area contributed by atoms with Crippen LogP contribution in [-0.4, -0.2) is 56.2 Å². The summed E-state index contributed by atoms with van der Waals surface area (Å²) in [6.45, 7) is 6.16. The van der Waals surface area contributed by atoms with Gasteiger partial charge in [-0.2, -0.15) is 0 Å². The second-order valence-electron chi connectivity index (χ2n) is 10.5. The number of nitrogens with zero attached hydrogens (tertiary/aromatic N) is 2. The molecule has 3 heterocycles. The van der Waals surface area contributed by atoms with Gasteiger partial charge >= 0.3 is 0 Å². The third-order valence-electron chi connectivity index (χ3n) is 7.41. The molecule has 1 aromatic heterocycles. The van der Waals surface area contributed by atoms with Crippen LogP contribution in [0.15, 0.2) is 47.5 Å². The minimum absolute atomic E-state index is 0.0137. The molecular weight excluding hydrogens is 509 g/mol. The number of rotatable bonds is 7. The van der Waals surface area contributed by atoms with Crippen molar-refractivity contribution < 1.29 is 27.1 Å². The summed E-state index contributed by atoms with van der Waals surface area (Å²) in [4.78, 5) is 14.3. The zero-order chi connectivity index (χ0) is 27.0. The number of hydrogen-bond acceptors (Lipinski definition) is 5. The fourth-order valence-electron chi connectivity index (χ4n) is 5.33. The topological polar surface area (TPSA) is 89.9 Å². The van der Waals surface area contributed by atoms with Crippen LogP contribution in [-0.2, 0) is 26.6 Å². The molecule has 2 aliphatic rings. The van der Waals surface area contributed by atoms with Crippen molar-refractivity contribution in [1.29, 1.82) is 0 Å². The second kappa shape index (κ2) is 10.6. The number of anilines is 1. The van der Waals surface area contributed by atoms with Crippen LogP contribution in [0, 0.1) is 11.7 Å². The zero-order valence-electron chi connectivity index (χ0n) is 21.9. The highest BCUT2D eigenvalue weighted by Gasteiger charge is 2.27. The monoisotopic (exact) mass is 543 g/mol. The van der Waals surface area contributed by atoms with Crippen LogP contribution >= 0.6 is 0 Å². The predicted molar refractivity (Wildman–Crippen MR) is 143 cm³/mol. The van der Waals surface area contributed by atoms with Gasteiger partial charge in [0.2, 0.25) is 5.91 Å². The Morgan fingerprint density at radius 2 is 1.89 bits per heavy atom. The van der Waals surface area contributed by atoms with Crippen molar-refractivity contribution in [2.45, 2.75) is 50.0 Å². The molecule has 0 unspecified atom stereocenters. The van der Waals surface area contributed by atoms with Crippen molar-refractivity contribution in [2.75, 3.05) is 31.0 Å². The first-order valence-electron chi connectivity index (χ1n) is 13.1. The van der Waals surface area contributed by atoms with E-state index in [0.29, 0.717) is 38.4 Å². The lowest BCUT2D eigenvalue weighted by atomic mass is 9.88. The molecular formula is C28H34FN3O5S. The number of carbonyl (C=O) groups is 1. The summed E-state index contributed by atoms with van der Waals surface area (Å²) in [5.41, 5.74) is 2.57. The zero-order valence-corrected chi connectivity index (χ0v) is 22.8. The van der Waals surface area contributed by atoms with E-state index in [1.165, 1.54) is 12.1 Å². The van der Waals surface area contributed by atoms with Gasteiger partial charge in [0.1, 0.15) is 6.10 Å². The van der Waals surface area contributed by atoms with E-state index < -0.39 is 15.8 Å². The number of halogens is 1. The molecule has 3 aromatic rings. The second-order valence-corrected chi connectivity index (χ2v) is 12.2. The number of hydrogen-bond donors (Lipinski definition) is 1. The van der Waals surface area contributed by atoms with E-state index in [0.717, 1.165) is 35.4 Å². The lowest BCUT2D eigenvalue weighted by Gasteiger charge is -2.33. The quantitative estimate of drug-likeness (QED) is 0.469. The molecule has 2 aliphatic heterocycles. The van der Waals surface area contributed by atoms with Gasteiger partial charge in [0.05, 0.1) is 18.1 Å². The van der Waals surface area contributed by atoms with Crippen molar-refractivity contribution in [1.82, 2.24) is 9.47 Å². The van der Waals surface area contributed by atoms with Crippen LogP contribution in [0.25, 0.3) is 10.9 Å². The number of sulfonamides is 1. The lowest BCUT2D eigenvalue weighted by Crippen LogP contribution is -2.40. The standard InChI is InChI=1S/C28H34FN3O5S/c1-18(2)28(33)32-11-8-19(9-12-32)24-16-31(3)26-7-4-20(14-23(24)26)30-38(34,35)22-5-6-25(29)27(15-22)37-21-10-13-36-17-21/h4-7,14-16,18-19,21,30H,8-13,17H2,1-3H3/t21-/m1/s1. The largest absolute Gasteiger partial charge is 0.485 e. The molecule has 1 atom stereocenters. The molecule has 0 radical (unpaired) electrons. The summed E-state index contributed by atoms with van der Waals surface area (Å²) in [5, 5.41) is 0.977. The Bertz CT molecular complexity index is 1440. The molecule has 5 rings (SSSR count). The Morgan fingerprint density at radius 3 is 2.58 bits per heavy atom. The van der Waals surface area contributed by atoms with Crippen LogP contribution in [0.5, 0.6) is 5.75 Å². The fraction of sp³-hybridized carbons (Fsp3) is 0.464. The molecule has 0 bridgehead atoms. The smallest absolute Gasteiger partial charge is 0.262 e. The van der Waals surface area contributed by atoms with Gasteiger partial charge in [-0.1, -0.05) is 13.8 Å². The molecule has 204 valence electrons. The average Bonchev–Trinajstić information content (AvgIpc) is 3.52. The number of piperidine rings is 1. The SMILES string of the molecule is CC(C)C(=O)N1CCC(c2cn(C)c3ccc(NS(=O)(=O)c4ccc(F)c(O[C@@H]5CCOC5)c4)cc23)CC1. The van der Waals surface area contributed by atoms with E-state index in [9.17, 15) is 17.6 Å². The van der Waals surface area contributed by atoms with E-state index >= 15 is 0 Å². The molecule has 10 heteroatoms. The van der Waals surface area contributed by atoms with Crippen molar-refractivity contribution in [3.05, 3.63) is 54.0 Å². The van der Waals surface area contributed by atoms with E-state index in [2.05, 4.69) is 10.9 Å².